The summed E-state index contributed by atoms with van der Waals surface area (Å²) >= 11 is 0. The maximum Gasteiger partial charge on any atom is 0.259 e. The molecule has 0 unspecified atom stereocenters. The highest BCUT2D eigenvalue weighted by atomic mass is 16.2. The quantitative estimate of drug-likeness (QED) is 0.607. The lowest BCUT2D eigenvalue weighted by molar-refractivity contribution is -0.124. The first-order valence-electron chi connectivity index (χ1n) is 10.2. The molecule has 0 saturated heterocycles. The van der Waals surface area contributed by atoms with Crippen molar-refractivity contribution < 1.29 is 19.2 Å². The molecule has 158 valence electrons. The van der Waals surface area contributed by atoms with Crippen LogP contribution in [0.4, 0.5) is 0 Å². The van der Waals surface area contributed by atoms with E-state index in [1.807, 2.05) is 23.6 Å². The molecule has 3 aliphatic rings. The molecule has 0 radical (unpaired) electrons. The first-order valence-corrected chi connectivity index (χ1v) is 10.2. The summed E-state index contributed by atoms with van der Waals surface area (Å²) in [6.07, 6.45) is 9.80. The van der Waals surface area contributed by atoms with Gasteiger partial charge < -0.3 is 4.57 Å². The number of para-hydroxylation sites is 1. The van der Waals surface area contributed by atoms with E-state index >= 15 is 0 Å². The van der Waals surface area contributed by atoms with E-state index in [0.29, 0.717) is 16.7 Å². The fourth-order valence-corrected chi connectivity index (χ4v) is 4.32. The van der Waals surface area contributed by atoms with Gasteiger partial charge >= 0.3 is 0 Å². The normalized spacial score (nSPS) is 16.9. The number of benzene rings is 1. The second-order valence-electron chi connectivity index (χ2n) is 7.61. The largest absolute Gasteiger partial charge is 0.347 e. The van der Waals surface area contributed by atoms with Crippen LogP contribution in [0.15, 0.2) is 61.1 Å². The van der Waals surface area contributed by atoms with Crippen LogP contribution in [0.2, 0.25) is 0 Å². The Morgan fingerprint density at radius 2 is 1.56 bits per heavy atom. The number of hydrogen-bond acceptors (Lipinski definition) is 5. The first kappa shape index (κ1) is 19.6. The third-order valence-corrected chi connectivity index (χ3v) is 5.63. The van der Waals surface area contributed by atoms with Crippen LogP contribution in [0, 0.1) is 0 Å². The van der Waals surface area contributed by atoms with Crippen LogP contribution in [-0.2, 0) is 32.1 Å². The van der Waals surface area contributed by atoms with Crippen molar-refractivity contribution in [2.45, 2.75) is 19.4 Å². The van der Waals surface area contributed by atoms with Crippen molar-refractivity contribution in [2.75, 3.05) is 0 Å². The van der Waals surface area contributed by atoms with Gasteiger partial charge in [0.15, 0.2) is 0 Å². The lowest BCUT2D eigenvalue weighted by Gasteiger charge is -2.14. The average Bonchev–Trinajstić information content (AvgIpc) is 3.45. The van der Waals surface area contributed by atoms with Gasteiger partial charge in [0.1, 0.15) is 0 Å². The van der Waals surface area contributed by atoms with E-state index in [0.717, 1.165) is 30.3 Å². The van der Waals surface area contributed by atoms with E-state index in [1.54, 1.807) is 24.5 Å². The van der Waals surface area contributed by atoms with E-state index in [-0.39, 0.29) is 23.6 Å². The van der Waals surface area contributed by atoms with Crippen LogP contribution in [0.3, 0.4) is 0 Å². The van der Waals surface area contributed by atoms with Gasteiger partial charge in [-0.2, -0.15) is 0 Å². The summed E-state index contributed by atoms with van der Waals surface area (Å²) < 4.78 is 2.21. The van der Waals surface area contributed by atoms with Gasteiger partial charge in [-0.1, -0.05) is 18.2 Å². The molecular formula is C24H18N4O4. The molecular weight excluding hydrogens is 408 g/mol. The molecule has 2 N–H and O–H groups in total. The first-order chi connectivity index (χ1) is 15.5. The Labute approximate surface area is 182 Å². The SMILES string of the molecule is O=C1C=CC(=O)N1.O=C1NC(=O)C(c2cn3c4c(cccc24)CCC3)=C1c1ccncc1. The molecule has 2 aromatic heterocycles. The number of carbonyl (C=O) groups is 4. The van der Waals surface area contributed by atoms with Gasteiger partial charge in [-0.25, -0.2) is 0 Å². The molecule has 3 aliphatic heterocycles. The summed E-state index contributed by atoms with van der Waals surface area (Å²) in [6.45, 7) is 0.931. The average molecular weight is 426 g/mol. The minimum Gasteiger partial charge on any atom is -0.347 e. The third-order valence-electron chi connectivity index (χ3n) is 5.63. The zero-order chi connectivity index (χ0) is 22.2. The number of nitrogens with one attached hydrogen (secondary N) is 2. The van der Waals surface area contributed by atoms with Gasteiger partial charge in [-0.05, 0) is 36.1 Å². The number of aryl methyl sites for hydroxylation is 2. The lowest BCUT2D eigenvalue weighted by Crippen LogP contribution is -2.22. The number of amides is 4. The van der Waals surface area contributed by atoms with Gasteiger partial charge in [-0.3, -0.25) is 34.8 Å². The standard InChI is InChI=1S/C20H15N3O2.C4H3NO2/c24-19-16(12-6-8-21-9-7-12)17(20(25)22-19)15-11-23-10-2-4-13-3-1-5-14(15)18(13)23;6-3-1-2-4(7)5-3/h1,3,5-9,11H,2,4,10H2,(H,22,24,25);1-2H,(H,5,6,7). The molecule has 8 nitrogen and oxygen atoms in total. The molecule has 0 aliphatic carbocycles. The summed E-state index contributed by atoms with van der Waals surface area (Å²) in [5, 5.41) is 5.51. The summed E-state index contributed by atoms with van der Waals surface area (Å²) in [4.78, 5) is 49.1. The van der Waals surface area contributed by atoms with Gasteiger partial charge in [0, 0.05) is 48.2 Å². The topological polar surface area (TPSA) is 110 Å². The Morgan fingerprint density at radius 1 is 0.844 bits per heavy atom. The predicted octanol–water partition coefficient (Wildman–Crippen LogP) is 1.75. The summed E-state index contributed by atoms with van der Waals surface area (Å²) in [7, 11) is 0. The molecule has 0 fully saturated rings. The van der Waals surface area contributed by atoms with Crippen molar-refractivity contribution in [1.29, 1.82) is 0 Å². The summed E-state index contributed by atoms with van der Waals surface area (Å²) in [5.41, 5.74) is 4.90. The van der Waals surface area contributed by atoms with E-state index in [2.05, 4.69) is 20.9 Å². The third kappa shape index (κ3) is 3.31. The van der Waals surface area contributed by atoms with Crippen LogP contribution in [0.25, 0.3) is 22.0 Å². The molecule has 0 saturated carbocycles. The molecule has 3 aromatic rings. The van der Waals surface area contributed by atoms with E-state index in [1.165, 1.54) is 23.2 Å². The Balaban J connectivity index is 0.000000265. The van der Waals surface area contributed by atoms with Crippen molar-refractivity contribution in [3.63, 3.8) is 0 Å². The number of pyridine rings is 1. The zero-order valence-corrected chi connectivity index (χ0v) is 16.9. The van der Waals surface area contributed by atoms with Crippen LogP contribution >= 0.6 is 0 Å². The number of aromatic nitrogens is 2. The number of imide groups is 2. The number of carbonyl (C=O) groups excluding carboxylic acids is 4. The highest BCUT2D eigenvalue weighted by molar-refractivity contribution is 6.50. The van der Waals surface area contributed by atoms with Crippen LogP contribution in [0.5, 0.6) is 0 Å². The molecule has 32 heavy (non-hydrogen) atoms. The fourth-order valence-electron chi connectivity index (χ4n) is 4.32. The lowest BCUT2D eigenvalue weighted by atomic mass is 9.95. The fraction of sp³-hybridized carbons (Fsp3) is 0.125. The molecule has 6 rings (SSSR count). The Morgan fingerprint density at radius 3 is 2.25 bits per heavy atom. The van der Waals surface area contributed by atoms with E-state index in [9.17, 15) is 19.2 Å². The van der Waals surface area contributed by atoms with Crippen LogP contribution < -0.4 is 10.6 Å². The summed E-state index contributed by atoms with van der Waals surface area (Å²) in [6, 6.07) is 9.72. The smallest absolute Gasteiger partial charge is 0.259 e. The maximum absolute atomic E-state index is 12.6. The molecule has 0 spiro atoms. The van der Waals surface area contributed by atoms with Gasteiger partial charge in [0.05, 0.1) is 16.7 Å². The van der Waals surface area contributed by atoms with E-state index < -0.39 is 0 Å². The number of rotatable bonds is 2. The minimum absolute atomic E-state index is 0.329. The highest BCUT2D eigenvalue weighted by Gasteiger charge is 2.34. The van der Waals surface area contributed by atoms with Crippen LogP contribution in [-0.4, -0.2) is 33.2 Å². The van der Waals surface area contributed by atoms with Crippen molar-refractivity contribution in [2.24, 2.45) is 0 Å². The molecule has 5 heterocycles. The van der Waals surface area contributed by atoms with Gasteiger partial charge in [0.25, 0.3) is 23.6 Å². The minimum atomic E-state index is -0.349. The van der Waals surface area contributed by atoms with Crippen LogP contribution in [0.1, 0.15) is 23.1 Å². The molecule has 8 heteroatoms. The number of hydrogen-bond donors (Lipinski definition) is 2. The molecule has 4 amide bonds. The second-order valence-corrected chi connectivity index (χ2v) is 7.61. The van der Waals surface area contributed by atoms with Gasteiger partial charge in [-0.15, -0.1) is 0 Å². The van der Waals surface area contributed by atoms with Crippen molar-refractivity contribution >= 4 is 45.7 Å². The predicted molar refractivity (Wildman–Crippen MR) is 117 cm³/mol. The van der Waals surface area contributed by atoms with Crippen molar-refractivity contribution in [3.05, 3.63) is 77.8 Å². The van der Waals surface area contributed by atoms with Crippen molar-refractivity contribution in [1.82, 2.24) is 20.2 Å². The van der Waals surface area contributed by atoms with E-state index in [4.69, 9.17) is 0 Å². The zero-order valence-electron chi connectivity index (χ0n) is 16.9. The molecule has 0 bridgehead atoms. The highest BCUT2D eigenvalue weighted by Crippen LogP contribution is 2.38. The van der Waals surface area contributed by atoms with Crippen molar-refractivity contribution in [3.8, 4) is 0 Å². The Kier molecular flexibility index (Phi) is 4.74. The monoisotopic (exact) mass is 426 g/mol. The Hall–Kier alpha value is -4.33. The van der Waals surface area contributed by atoms with Gasteiger partial charge in [0.2, 0.25) is 0 Å². The summed E-state index contributed by atoms with van der Waals surface area (Å²) in [5.74, 6) is -1.34. The molecule has 0 atom stereocenters. The second kappa shape index (κ2) is 7.73. The Bertz CT molecular complexity index is 1350. The maximum atomic E-state index is 12.6. The number of nitrogens with zero attached hydrogens (tertiary/aromatic N) is 2. The molecule has 1 aromatic carbocycles.